The number of hydrogen-bond donors (Lipinski definition) is 2. The molecule has 1 atom stereocenters. The van der Waals surface area contributed by atoms with Gasteiger partial charge < -0.3 is 0 Å². The highest BCUT2D eigenvalue weighted by molar-refractivity contribution is 5.30. The standard InChI is InChI=1S/C15H22N4/c1-3-13-6-4-5-7-14(13)15(18-16)9-8-12-10-17-19(2)11-12/h4-7,10-11,15,18H,3,8-9,16H2,1-2H3. The third kappa shape index (κ3) is 3.43. The van der Waals surface area contributed by atoms with E-state index in [4.69, 9.17) is 5.84 Å². The lowest BCUT2D eigenvalue weighted by molar-refractivity contribution is 0.513. The molecule has 1 aromatic carbocycles. The van der Waals surface area contributed by atoms with Crippen LogP contribution in [0.4, 0.5) is 0 Å². The van der Waals surface area contributed by atoms with Crippen molar-refractivity contribution < 1.29 is 0 Å². The minimum absolute atomic E-state index is 0.191. The molecule has 102 valence electrons. The summed E-state index contributed by atoms with van der Waals surface area (Å²) in [6.45, 7) is 2.17. The minimum atomic E-state index is 0.191. The highest BCUT2D eigenvalue weighted by Gasteiger charge is 2.13. The van der Waals surface area contributed by atoms with Gasteiger partial charge in [-0.1, -0.05) is 31.2 Å². The number of nitrogens with zero attached hydrogens (tertiary/aromatic N) is 2. The minimum Gasteiger partial charge on any atom is -0.276 e. The van der Waals surface area contributed by atoms with Gasteiger partial charge in [0.2, 0.25) is 0 Å². The molecule has 0 saturated heterocycles. The van der Waals surface area contributed by atoms with E-state index in [2.05, 4.69) is 47.9 Å². The van der Waals surface area contributed by atoms with E-state index in [-0.39, 0.29) is 6.04 Å². The van der Waals surface area contributed by atoms with Crippen LogP contribution in [-0.2, 0) is 19.9 Å². The van der Waals surface area contributed by atoms with Crippen LogP contribution in [0.2, 0.25) is 0 Å². The molecule has 1 heterocycles. The quantitative estimate of drug-likeness (QED) is 0.616. The summed E-state index contributed by atoms with van der Waals surface area (Å²) in [6.07, 6.45) is 6.94. The second kappa shape index (κ2) is 6.50. The molecule has 0 aliphatic carbocycles. The molecule has 0 fully saturated rings. The van der Waals surface area contributed by atoms with Gasteiger partial charge in [0.15, 0.2) is 0 Å². The molecule has 4 heteroatoms. The van der Waals surface area contributed by atoms with Crippen LogP contribution in [0.1, 0.15) is 36.1 Å². The summed E-state index contributed by atoms with van der Waals surface area (Å²) in [6, 6.07) is 8.67. The van der Waals surface area contributed by atoms with Gasteiger partial charge in [0.05, 0.1) is 6.20 Å². The summed E-state index contributed by atoms with van der Waals surface area (Å²) in [4.78, 5) is 0. The molecule has 19 heavy (non-hydrogen) atoms. The number of nitrogens with two attached hydrogens (primary N) is 1. The third-order valence-electron chi connectivity index (χ3n) is 3.49. The second-order valence-corrected chi connectivity index (χ2v) is 4.83. The van der Waals surface area contributed by atoms with Crippen LogP contribution in [0.5, 0.6) is 0 Å². The Hall–Kier alpha value is -1.65. The topological polar surface area (TPSA) is 55.9 Å². The molecular formula is C15H22N4. The van der Waals surface area contributed by atoms with E-state index in [1.54, 1.807) is 0 Å². The number of rotatable bonds is 6. The third-order valence-corrected chi connectivity index (χ3v) is 3.49. The van der Waals surface area contributed by atoms with Crippen molar-refractivity contribution in [3.05, 3.63) is 53.3 Å². The van der Waals surface area contributed by atoms with Crippen LogP contribution in [-0.4, -0.2) is 9.78 Å². The lowest BCUT2D eigenvalue weighted by Crippen LogP contribution is -2.29. The van der Waals surface area contributed by atoms with Gasteiger partial charge in [0.1, 0.15) is 0 Å². The molecule has 1 aromatic heterocycles. The first-order valence-electron chi connectivity index (χ1n) is 6.76. The van der Waals surface area contributed by atoms with E-state index >= 15 is 0 Å². The zero-order chi connectivity index (χ0) is 13.7. The van der Waals surface area contributed by atoms with Gasteiger partial charge in [0.25, 0.3) is 0 Å². The fourth-order valence-corrected chi connectivity index (χ4v) is 2.44. The lowest BCUT2D eigenvalue weighted by atomic mass is 9.95. The van der Waals surface area contributed by atoms with Crippen molar-refractivity contribution >= 4 is 0 Å². The molecular weight excluding hydrogens is 236 g/mol. The maximum absolute atomic E-state index is 5.73. The maximum Gasteiger partial charge on any atom is 0.0521 e. The van der Waals surface area contributed by atoms with Gasteiger partial charge in [-0.3, -0.25) is 16.0 Å². The first kappa shape index (κ1) is 13.8. The van der Waals surface area contributed by atoms with E-state index in [9.17, 15) is 0 Å². The SMILES string of the molecule is CCc1ccccc1C(CCc1cnn(C)c1)NN. The Morgan fingerprint density at radius 1 is 1.37 bits per heavy atom. The van der Waals surface area contributed by atoms with Gasteiger partial charge in [-0.25, -0.2) is 0 Å². The molecule has 2 rings (SSSR count). The molecule has 0 saturated carbocycles. The molecule has 0 aliphatic heterocycles. The number of nitrogens with one attached hydrogen (secondary N) is 1. The van der Waals surface area contributed by atoms with Gasteiger partial charge in [0, 0.05) is 19.3 Å². The van der Waals surface area contributed by atoms with E-state index in [0.29, 0.717) is 0 Å². The highest BCUT2D eigenvalue weighted by Crippen LogP contribution is 2.22. The fourth-order valence-electron chi connectivity index (χ4n) is 2.44. The summed E-state index contributed by atoms with van der Waals surface area (Å²) in [7, 11) is 1.94. The van der Waals surface area contributed by atoms with Crippen LogP contribution in [0.15, 0.2) is 36.7 Å². The molecule has 2 aromatic rings. The number of hydrogen-bond acceptors (Lipinski definition) is 3. The smallest absolute Gasteiger partial charge is 0.0521 e. The summed E-state index contributed by atoms with van der Waals surface area (Å²) in [5, 5.41) is 4.19. The average Bonchev–Trinajstić information content (AvgIpc) is 2.86. The van der Waals surface area contributed by atoms with Gasteiger partial charge in [-0.15, -0.1) is 0 Å². The van der Waals surface area contributed by atoms with Crippen molar-refractivity contribution in [3.63, 3.8) is 0 Å². The van der Waals surface area contributed by atoms with E-state index in [1.807, 2.05) is 17.9 Å². The molecule has 3 N–H and O–H groups in total. The number of aryl methyl sites for hydroxylation is 3. The Balaban J connectivity index is 2.07. The average molecular weight is 258 g/mol. The molecule has 0 radical (unpaired) electrons. The van der Waals surface area contributed by atoms with Crippen LogP contribution >= 0.6 is 0 Å². The number of benzene rings is 1. The number of aromatic nitrogens is 2. The van der Waals surface area contributed by atoms with Gasteiger partial charge >= 0.3 is 0 Å². The van der Waals surface area contributed by atoms with Crippen molar-refractivity contribution in [2.24, 2.45) is 12.9 Å². The maximum atomic E-state index is 5.73. The summed E-state index contributed by atoms with van der Waals surface area (Å²) >= 11 is 0. The van der Waals surface area contributed by atoms with E-state index < -0.39 is 0 Å². The van der Waals surface area contributed by atoms with Crippen molar-refractivity contribution in [2.45, 2.75) is 32.2 Å². The molecule has 4 nitrogen and oxygen atoms in total. The van der Waals surface area contributed by atoms with Crippen molar-refractivity contribution in [3.8, 4) is 0 Å². The normalized spacial score (nSPS) is 12.6. The lowest BCUT2D eigenvalue weighted by Gasteiger charge is -2.19. The van der Waals surface area contributed by atoms with Gasteiger partial charge in [-0.2, -0.15) is 5.10 Å². The fraction of sp³-hybridized carbons (Fsp3) is 0.400. The van der Waals surface area contributed by atoms with Crippen molar-refractivity contribution in [2.75, 3.05) is 0 Å². The molecule has 1 unspecified atom stereocenters. The van der Waals surface area contributed by atoms with Crippen LogP contribution < -0.4 is 11.3 Å². The Bertz CT molecular complexity index is 518. The Morgan fingerprint density at radius 3 is 2.79 bits per heavy atom. The molecule has 0 aliphatic rings. The Morgan fingerprint density at radius 2 is 2.16 bits per heavy atom. The molecule has 0 spiro atoms. The molecule has 0 amide bonds. The first-order valence-corrected chi connectivity index (χ1v) is 6.76. The monoisotopic (exact) mass is 258 g/mol. The summed E-state index contributed by atoms with van der Waals surface area (Å²) in [5.74, 6) is 5.73. The largest absolute Gasteiger partial charge is 0.276 e. The van der Waals surface area contributed by atoms with E-state index in [1.165, 1.54) is 16.7 Å². The number of hydrazine groups is 1. The molecule has 0 bridgehead atoms. The van der Waals surface area contributed by atoms with Crippen molar-refractivity contribution in [1.82, 2.24) is 15.2 Å². The summed E-state index contributed by atoms with van der Waals surface area (Å²) < 4.78 is 1.83. The van der Waals surface area contributed by atoms with Crippen LogP contribution in [0, 0.1) is 0 Å². The van der Waals surface area contributed by atoms with E-state index in [0.717, 1.165) is 19.3 Å². The predicted molar refractivity (Wildman–Crippen MR) is 77.4 cm³/mol. The Labute approximate surface area is 114 Å². The van der Waals surface area contributed by atoms with Crippen molar-refractivity contribution in [1.29, 1.82) is 0 Å². The summed E-state index contributed by atoms with van der Waals surface area (Å²) in [5.41, 5.74) is 6.85. The van der Waals surface area contributed by atoms with Crippen LogP contribution in [0.3, 0.4) is 0 Å². The highest BCUT2D eigenvalue weighted by atomic mass is 15.2. The zero-order valence-corrected chi connectivity index (χ0v) is 11.6. The predicted octanol–water partition coefficient (Wildman–Crippen LogP) is 2.12. The second-order valence-electron chi connectivity index (χ2n) is 4.83. The zero-order valence-electron chi connectivity index (χ0n) is 11.6. The first-order chi connectivity index (χ1) is 9.24. The Kier molecular flexibility index (Phi) is 4.71. The van der Waals surface area contributed by atoms with Gasteiger partial charge in [-0.05, 0) is 36.0 Å². The van der Waals surface area contributed by atoms with Crippen LogP contribution in [0.25, 0.3) is 0 Å².